The third-order valence-electron chi connectivity index (χ3n) is 2.70. The highest BCUT2D eigenvalue weighted by atomic mass is 79.9. The van der Waals surface area contributed by atoms with Crippen molar-refractivity contribution < 1.29 is 14.6 Å². The van der Waals surface area contributed by atoms with Crippen LogP contribution < -0.4 is 5.32 Å². The lowest BCUT2D eigenvalue weighted by Gasteiger charge is -2.21. The summed E-state index contributed by atoms with van der Waals surface area (Å²) >= 11 is 3.41. The molecule has 2 amide bonds. The number of ether oxygens (including phenoxy) is 1. The molecule has 0 atom stereocenters. The second-order valence-electron chi connectivity index (χ2n) is 4.36. The van der Waals surface area contributed by atoms with Crippen molar-refractivity contribution in [3.05, 3.63) is 28.2 Å². The van der Waals surface area contributed by atoms with Crippen LogP contribution in [0, 0.1) is 6.92 Å². The van der Waals surface area contributed by atoms with Crippen LogP contribution in [-0.4, -0.2) is 48.9 Å². The topological polar surface area (TPSA) is 61.8 Å². The number of anilines is 1. The summed E-state index contributed by atoms with van der Waals surface area (Å²) in [7, 11) is 0. The molecule has 20 heavy (non-hydrogen) atoms. The molecule has 0 fully saturated rings. The van der Waals surface area contributed by atoms with Gasteiger partial charge in [0.05, 0.1) is 19.8 Å². The molecule has 0 radical (unpaired) electrons. The molecular formula is C14H21BrN2O3. The highest BCUT2D eigenvalue weighted by Crippen LogP contribution is 2.19. The van der Waals surface area contributed by atoms with Gasteiger partial charge in [0.15, 0.2) is 0 Å². The molecule has 5 nitrogen and oxygen atoms in total. The average molecular weight is 345 g/mol. The van der Waals surface area contributed by atoms with Gasteiger partial charge in [-0.15, -0.1) is 0 Å². The number of aryl methyl sites for hydroxylation is 1. The van der Waals surface area contributed by atoms with Crippen LogP contribution >= 0.6 is 15.9 Å². The zero-order valence-electron chi connectivity index (χ0n) is 11.9. The Kier molecular flexibility index (Phi) is 7.58. The summed E-state index contributed by atoms with van der Waals surface area (Å²) in [5.74, 6) is 0. The van der Waals surface area contributed by atoms with Crippen molar-refractivity contribution in [2.75, 3.05) is 38.2 Å². The molecule has 6 heteroatoms. The summed E-state index contributed by atoms with van der Waals surface area (Å²) in [6.45, 7) is 5.69. The van der Waals surface area contributed by atoms with E-state index in [0.29, 0.717) is 26.3 Å². The number of amides is 2. The van der Waals surface area contributed by atoms with E-state index in [0.717, 1.165) is 15.7 Å². The van der Waals surface area contributed by atoms with E-state index in [1.54, 1.807) is 4.90 Å². The summed E-state index contributed by atoms with van der Waals surface area (Å²) in [5.41, 5.74) is 1.83. The van der Waals surface area contributed by atoms with Crippen molar-refractivity contribution in [1.82, 2.24) is 4.90 Å². The number of nitrogens with one attached hydrogen (secondary N) is 1. The minimum atomic E-state index is -0.155. The fourth-order valence-corrected chi connectivity index (χ4v) is 2.36. The number of carbonyl (C=O) groups is 1. The maximum Gasteiger partial charge on any atom is 0.321 e. The van der Waals surface area contributed by atoms with Crippen LogP contribution in [0.4, 0.5) is 10.5 Å². The molecule has 0 unspecified atom stereocenters. The van der Waals surface area contributed by atoms with Gasteiger partial charge in [-0.05, 0) is 37.6 Å². The lowest BCUT2D eigenvalue weighted by atomic mass is 10.2. The van der Waals surface area contributed by atoms with Gasteiger partial charge in [0.25, 0.3) is 0 Å². The number of urea groups is 1. The number of aliphatic hydroxyl groups excluding tert-OH is 1. The Morgan fingerprint density at radius 3 is 2.75 bits per heavy atom. The zero-order valence-corrected chi connectivity index (χ0v) is 13.4. The highest BCUT2D eigenvalue weighted by Gasteiger charge is 2.11. The number of aliphatic hydroxyl groups is 1. The van der Waals surface area contributed by atoms with Gasteiger partial charge in [0, 0.05) is 23.2 Å². The fraction of sp³-hybridized carbons (Fsp3) is 0.500. The molecule has 0 aliphatic carbocycles. The quantitative estimate of drug-likeness (QED) is 0.747. The maximum absolute atomic E-state index is 12.1. The van der Waals surface area contributed by atoms with Crippen molar-refractivity contribution in [3.63, 3.8) is 0 Å². The van der Waals surface area contributed by atoms with Crippen LogP contribution in [0.3, 0.4) is 0 Å². The maximum atomic E-state index is 12.1. The third kappa shape index (κ3) is 5.90. The molecular weight excluding hydrogens is 324 g/mol. The van der Waals surface area contributed by atoms with Crippen LogP contribution in [0.5, 0.6) is 0 Å². The van der Waals surface area contributed by atoms with Gasteiger partial charge in [-0.25, -0.2) is 4.79 Å². The Morgan fingerprint density at radius 1 is 1.40 bits per heavy atom. The van der Waals surface area contributed by atoms with Crippen molar-refractivity contribution in [1.29, 1.82) is 0 Å². The third-order valence-corrected chi connectivity index (χ3v) is 3.16. The predicted octanol–water partition coefficient (Wildman–Crippen LogP) is 2.62. The Labute approximate surface area is 128 Å². The summed E-state index contributed by atoms with van der Waals surface area (Å²) in [6, 6.07) is 5.60. The molecule has 112 valence electrons. The SMILES string of the molecule is CCN(CCOCCO)C(=O)Nc1cc(C)cc(Br)c1. The molecule has 0 spiro atoms. The van der Waals surface area contributed by atoms with E-state index >= 15 is 0 Å². The summed E-state index contributed by atoms with van der Waals surface area (Å²) in [4.78, 5) is 13.8. The molecule has 2 N–H and O–H groups in total. The van der Waals surface area contributed by atoms with Gasteiger partial charge in [-0.3, -0.25) is 0 Å². The summed E-state index contributed by atoms with van der Waals surface area (Å²) in [6.07, 6.45) is 0. The number of halogens is 1. The molecule has 0 aliphatic rings. The normalized spacial score (nSPS) is 10.4. The zero-order chi connectivity index (χ0) is 15.0. The number of benzene rings is 1. The largest absolute Gasteiger partial charge is 0.394 e. The Hall–Kier alpha value is -1.11. The van der Waals surface area contributed by atoms with Crippen LogP contribution in [0.15, 0.2) is 22.7 Å². The molecule has 0 saturated heterocycles. The number of hydrogen-bond donors (Lipinski definition) is 2. The van der Waals surface area contributed by atoms with E-state index in [9.17, 15) is 4.79 Å². The number of likely N-dealkylation sites (N-methyl/N-ethyl adjacent to an activating group) is 1. The first-order chi connectivity index (χ1) is 9.56. The first-order valence-corrected chi connectivity index (χ1v) is 7.37. The van der Waals surface area contributed by atoms with Gasteiger partial charge in [-0.1, -0.05) is 15.9 Å². The lowest BCUT2D eigenvalue weighted by Crippen LogP contribution is -2.37. The second kappa shape index (κ2) is 8.94. The van der Waals surface area contributed by atoms with Crippen LogP contribution in [0.25, 0.3) is 0 Å². The van der Waals surface area contributed by atoms with Crippen LogP contribution in [-0.2, 0) is 4.74 Å². The lowest BCUT2D eigenvalue weighted by molar-refractivity contribution is 0.0807. The van der Waals surface area contributed by atoms with Crippen molar-refractivity contribution in [2.24, 2.45) is 0 Å². The second-order valence-corrected chi connectivity index (χ2v) is 5.28. The minimum Gasteiger partial charge on any atom is -0.394 e. The van der Waals surface area contributed by atoms with E-state index in [1.807, 2.05) is 32.0 Å². The van der Waals surface area contributed by atoms with Crippen LogP contribution in [0.1, 0.15) is 12.5 Å². The first-order valence-electron chi connectivity index (χ1n) is 6.58. The number of carbonyl (C=O) groups excluding carboxylic acids is 1. The molecule has 1 rings (SSSR count). The first kappa shape index (κ1) is 16.9. The van der Waals surface area contributed by atoms with E-state index in [4.69, 9.17) is 9.84 Å². The molecule has 0 bridgehead atoms. The molecule has 1 aromatic carbocycles. The summed E-state index contributed by atoms with van der Waals surface area (Å²) in [5, 5.41) is 11.5. The van der Waals surface area contributed by atoms with Crippen molar-refractivity contribution in [3.8, 4) is 0 Å². The van der Waals surface area contributed by atoms with Gasteiger partial charge < -0.3 is 20.1 Å². The Balaban J connectivity index is 2.53. The summed E-state index contributed by atoms with van der Waals surface area (Å²) < 4.78 is 6.11. The van der Waals surface area contributed by atoms with Gasteiger partial charge >= 0.3 is 6.03 Å². The molecule has 0 aliphatic heterocycles. The molecule has 1 aromatic rings. The van der Waals surface area contributed by atoms with Crippen molar-refractivity contribution >= 4 is 27.6 Å². The molecule has 0 heterocycles. The van der Waals surface area contributed by atoms with Gasteiger partial charge in [0.2, 0.25) is 0 Å². The average Bonchev–Trinajstić information content (AvgIpc) is 2.37. The van der Waals surface area contributed by atoms with Gasteiger partial charge in [0.1, 0.15) is 0 Å². The van der Waals surface area contributed by atoms with E-state index in [-0.39, 0.29) is 12.6 Å². The van der Waals surface area contributed by atoms with Crippen molar-refractivity contribution in [2.45, 2.75) is 13.8 Å². The number of hydrogen-bond acceptors (Lipinski definition) is 3. The fourth-order valence-electron chi connectivity index (χ4n) is 1.76. The monoisotopic (exact) mass is 344 g/mol. The van der Waals surface area contributed by atoms with E-state index in [2.05, 4.69) is 21.2 Å². The predicted molar refractivity (Wildman–Crippen MR) is 83.0 cm³/mol. The smallest absolute Gasteiger partial charge is 0.321 e. The standard InChI is InChI=1S/C14H21BrN2O3/c1-3-17(4-6-20-7-5-18)14(19)16-13-9-11(2)8-12(15)10-13/h8-10,18H,3-7H2,1-2H3,(H,16,19). The molecule has 0 aromatic heterocycles. The number of rotatable bonds is 7. The number of nitrogens with zero attached hydrogens (tertiary/aromatic N) is 1. The van der Waals surface area contributed by atoms with Crippen LogP contribution in [0.2, 0.25) is 0 Å². The Bertz CT molecular complexity index is 420. The minimum absolute atomic E-state index is 0.00432. The van der Waals surface area contributed by atoms with Gasteiger partial charge in [-0.2, -0.15) is 0 Å². The van der Waals surface area contributed by atoms with E-state index in [1.165, 1.54) is 0 Å². The Morgan fingerprint density at radius 2 is 2.15 bits per heavy atom. The highest BCUT2D eigenvalue weighted by molar-refractivity contribution is 9.10. The molecule has 0 saturated carbocycles. The van der Waals surface area contributed by atoms with E-state index < -0.39 is 0 Å².